The van der Waals surface area contributed by atoms with Gasteiger partial charge in [-0.1, -0.05) is 6.92 Å². The second-order valence-corrected chi connectivity index (χ2v) is 6.84. The van der Waals surface area contributed by atoms with Gasteiger partial charge in [-0.3, -0.25) is 0 Å². The summed E-state index contributed by atoms with van der Waals surface area (Å²) in [6, 6.07) is 4.93. The van der Waals surface area contributed by atoms with E-state index in [1.165, 1.54) is 0 Å². The number of carboxylic acid groups (broad SMARTS) is 1. The van der Waals surface area contributed by atoms with Gasteiger partial charge in [0, 0.05) is 16.2 Å². The Hall–Kier alpha value is -1.31. The Morgan fingerprint density at radius 3 is 2.71 bits per heavy atom. The Labute approximate surface area is 137 Å². The normalized spacial score (nSPS) is 22.0. The molecule has 0 aliphatic carbocycles. The number of halogens is 1. The lowest BCUT2D eigenvalue weighted by Crippen LogP contribution is -2.46. The van der Waals surface area contributed by atoms with Gasteiger partial charge >= 0.3 is 12.0 Å². The number of piperidine rings is 1. The van der Waals surface area contributed by atoms with Crippen molar-refractivity contribution in [2.75, 3.05) is 11.9 Å². The van der Waals surface area contributed by atoms with Gasteiger partial charge in [-0.2, -0.15) is 0 Å². The van der Waals surface area contributed by atoms with Crippen molar-refractivity contribution in [1.29, 1.82) is 0 Å². The smallest absolute Gasteiger partial charge is 0.337 e. The molecule has 0 saturated carbocycles. The fraction of sp³-hybridized carbons (Fsp3) is 0.467. The SMILES string of the molecule is CC1CCN(C(=O)Nc2ccc(I)cc2C(=O)O)C(C)C1. The molecule has 1 aromatic rings. The molecule has 2 unspecified atom stereocenters. The quantitative estimate of drug-likeness (QED) is 0.743. The maximum Gasteiger partial charge on any atom is 0.337 e. The second-order valence-electron chi connectivity index (χ2n) is 5.60. The zero-order chi connectivity index (χ0) is 15.6. The van der Waals surface area contributed by atoms with Crippen molar-refractivity contribution in [3.8, 4) is 0 Å². The third kappa shape index (κ3) is 3.87. The number of anilines is 1. The van der Waals surface area contributed by atoms with E-state index in [0.717, 1.165) is 16.4 Å². The fourth-order valence-electron chi connectivity index (χ4n) is 2.70. The van der Waals surface area contributed by atoms with Crippen LogP contribution in [-0.2, 0) is 0 Å². The highest BCUT2D eigenvalue weighted by Crippen LogP contribution is 2.24. The highest BCUT2D eigenvalue weighted by atomic mass is 127. The molecule has 0 bridgehead atoms. The van der Waals surface area contributed by atoms with Crippen LogP contribution in [0, 0.1) is 9.49 Å². The largest absolute Gasteiger partial charge is 0.478 e. The van der Waals surface area contributed by atoms with Gasteiger partial charge in [0.15, 0.2) is 0 Å². The molecular formula is C15H19IN2O3. The monoisotopic (exact) mass is 402 g/mol. The van der Waals surface area contributed by atoms with E-state index in [0.29, 0.717) is 18.2 Å². The van der Waals surface area contributed by atoms with Gasteiger partial charge in [-0.15, -0.1) is 0 Å². The number of urea groups is 1. The zero-order valence-electron chi connectivity index (χ0n) is 12.1. The first-order chi connectivity index (χ1) is 9.88. The van der Waals surface area contributed by atoms with Gasteiger partial charge < -0.3 is 15.3 Å². The van der Waals surface area contributed by atoms with Gasteiger partial charge in [0.1, 0.15) is 0 Å². The van der Waals surface area contributed by atoms with Crippen molar-refractivity contribution in [3.05, 3.63) is 27.3 Å². The number of hydrogen-bond acceptors (Lipinski definition) is 2. The van der Waals surface area contributed by atoms with Crippen LogP contribution in [0.3, 0.4) is 0 Å². The number of carboxylic acids is 1. The first-order valence-corrected chi connectivity index (χ1v) is 8.07. The number of aromatic carboxylic acids is 1. The lowest BCUT2D eigenvalue weighted by molar-refractivity contribution is 0.0698. The van der Waals surface area contributed by atoms with Gasteiger partial charge in [0.05, 0.1) is 11.3 Å². The number of hydrogen-bond donors (Lipinski definition) is 2. The Kier molecular flexibility index (Phi) is 5.08. The van der Waals surface area contributed by atoms with E-state index in [9.17, 15) is 14.7 Å². The standard InChI is InChI=1S/C15H19IN2O3/c1-9-5-6-18(10(2)7-9)15(21)17-13-4-3-11(16)8-12(13)14(19)20/h3-4,8-10H,5-7H2,1-2H3,(H,17,21)(H,19,20). The summed E-state index contributed by atoms with van der Waals surface area (Å²) in [6.45, 7) is 4.93. The third-order valence-electron chi connectivity index (χ3n) is 3.85. The Balaban J connectivity index is 2.14. The van der Waals surface area contributed by atoms with E-state index < -0.39 is 5.97 Å². The minimum absolute atomic E-state index is 0.119. The Bertz CT molecular complexity index is 562. The first-order valence-electron chi connectivity index (χ1n) is 6.99. The number of carbonyl (C=O) groups is 2. The van der Waals surface area contributed by atoms with Crippen molar-refractivity contribution >= 4 is 40.3 Å². The summed E-state index contributed by atoms with van der Waals surface area (Å²) in [6.07, 6.45) is 1.96. The van der Waals surface area contributed by atoms with Crippen molar-refractivity contribution in [2.45, 2.75) is 32.7 Å². The summed E-state index contributed by atoms with van der Waals surface area (Å²) in [5.74, 6) is -0.416. The molecular weight excluding hydrogens is 383 g/mol. The maximum absolute atomic E-state index is 12.4. The van der Waals surface area contributed by atoms with Gasteiger partial charge in [0.2, 0.25) is 0 Å². The molecule has 2 rings (SSSR count). The number of nitrogens with zero attached hydrogens (tertiary/aromatic N) is 1. The van der Waals surface area contributed by atoms with Gasteiger partial charge in [-0.05, 0) is 66.5 Å². The summed E-state index contributed by atoms with van der Waals surface area (Å²) in [4.78, 5) is 25.4. The second kappa shape index (κ2) is 6.64. The maximum atomic E-state index is 12.4. The van der Waals surface area contributed by atoms with E-state index in [1.807, 2.05) is 6.92 Å². The van der Waals surface area contributed by atoms with Crippen molar-refractivity contribution in [3.63, 3.8) is 0 Å². The third-order valence-corrected chi connectivity index (χ3v) is 4.52. The van der Waals surface area contributed by atoms with E-state index in [1.54, 1.807) is 23.1 Å². The van der Waals surface area contributed by atoms with E-state index in [-0.39, 0.29) is 17.6 Å². The van der Waals surface area contributed by atoms with Crippen LogP contribution in [0.4, 0.5) is 10.5 Å². The molecule has 5 nitrogen and oxygen atoms in total. The molecule has 1 aliphatic heterocycles. The summed E-state index contributed by atoms with van der Waals surface area (Å²) in [5.41, 5.74) is 0.465. The van der Waals surface area contributed by atoms with Crippen LogP contribution in [0.25, 0.3) is 0 Å². The molecule has 2 amide bonds. The molecule has 1 fully saturated rings. The minimum Gasteiger partial charge on any atom is -0.478 e. The topological polar surface area (TPSA) is 69.6 Å². The van der Waals surface area contributed by atoms with Crippen LogP contribution < -0.4 is 5.32 Å². The average molecular weight is 402 g/mol. The summed E-state index contributed by atoms with van der Waals surface area (Å²) in [7, 11) is 0. The number of nitrogens with one attached hydrogen (secondary N) is 1. The average Bonchev–Trinajstić information content (AvgIpc) is 2.40. The summed E-state index contributed by atoms with van der Waals surface area (Å²) >= 11 is 2.05. The number of likely N-dealkylation sites (tertiary alicyclic amines) is 1. The number of carbonyl (C=O) groups excluding carboxylic acids is 1. The van der Waals surface area contributed by atoms with Crippen molar-refractivity contribution < 1.29 is 14.7 Å². The predicted molar refractivity (Wildman–Crippen MR) is 89.7 cm³/mol. The number of rotatable bonds is 2. The van der Waals surface area contributed by atoms with Crippen LogP contribution in [0.2, 0.25) is 0 Å². The highest BCUT2D eigenvalue weighted by molar-refractivity contribution is 14.1. The molecule has 1 aromatic carbocycles. The van der Waals surface area contributed by atoms with E-state index in [4.69, 9.17) is 0 Å². The first kappa shape index (κ1) is 16.1. The molecule has 1 saturated heterocycles. The zero-order valence-corrected chi connectivity index (χ0v) is 14.3. The molecule has 0 radical (unpaired) electrons. The Morgan fingerprint density at radius 1 is 1.38 bits per heavy atom. The molecule has 21 heavy (non-hydrogen) atoms. The van der Waals surface area contributed by atoms with E-state index >= 15 is 0 Å². The number of amides is 2. The molecule has 2 N–H and O–H groups in total. The molecule has 6 heteroatoms. The minimum atomic E-state index is -1.04. The van der Waals surface area contributed by atoms with Crippen molar-refractivity contribution in [1.82, 2.24) is 4.90 Å². The summed E-state index contributed by atoms with van der Waals surface area (Å²) in [5, 5.41) is 12.0. The van der Waals surface area contributed by atoms with Crippen molar-refractivity contribution in [2.24, 2.45) is 5.92 Å². The molecule has 114 valence electrons. The lowest BCUT2D eigenvalue weighted by atomic mass is 9.94. The van der Waals surface area contributed by atoms with Gasteiger partial charge in [-0.25, -0.2) is 9.59 Å². The van der Waals surface area contributed by atoms with Crippen LogP contribution >= 0.6 is 22.6 Å². The molecule has 1 heterocycles. The number of benzene rings is 1. The molecule has 0 spiro atoms. The van der Waals surface area contributed by atoms with E-state index in [2.05, 4.69) is 34.8 Å². The van der Waals surface area contributed by atoms with Crippen LogP contribution in [0.1, 0.15) is 37.0 Å². The molecule has 0 aromatic heterocycles. The summed E-state index contributed by atoms with van der Waals surface area (Å²) < 4.78 is 0.822. The van der Waals surface area contributed by atoms with Gasteiger partial charge in [0.25, 0.3) is 0 Å². The fourth-order valence-corrected chi connectivity index (χ4v) is 3.19. The Morgan fingerprint density at radius 2 is 2.10 bits per heavy atom. The predicted octanol–water partition coefficient (Wildman–Crippen LogP) is 3.64. The highest BCUT2D eigenvalue weighted by Gasteiger charge is 2.27. The van der Waals surface area contributed by atoms with Crippen LogP contribution in [-0.4, -0.2) is 34.6 Å². The van der Waals surface area contributed by atoms with Crippen LogP contribution in [0.5, 0.6) is 0 Å². The molecule has 2 atom stereocenters. The molecule has 1 aliphatic rings. The van der Waals surface area contributed by atoms with Crippen LogP contribution in [0.15, 0.2) is 18.2 Å². The lowest BCUT2D eigenvalue weighted by Gasteiger charge is -2.36.